The molecule has 0 radical (unpaired) electrons. The van der Waals surface area contributed by atoms with Gasteiger partial charge in [-0.25, -0.2) is 8.42 Å². The zero-order valence-corrected chi connectivity index (χ0v) is 10.8. The fraction of sp³-hybridized carbons (Fsp3) is 0.800. The molecule has 6 nitrogen and oxygen atoms in total. The van der Waals surface area contributed by atoms with E-state index >= 15 is 0 Å². The van der Waals surface area contributed by atoms with Crippen molar-refractivity contribution in [3.05, 3.63) is 0 Å². The Labute approximate surface area is 101 Å². The van der Waals surface area contributed by atoms with Gasteiger partial charge < -0.3 is 10.4 Å². The molecule has 0 bridgehead atoms. The summed E-state index contributed by atoms with van der Waals surface area (Å²) in [6.45, 7) is 0.338. The normalized spacial score (nSPS) is 11.1. The van der Waals surface area contributed by atoms with Gasteiger partial charge in [-0.2, -0.15) is 0 Å². The van der Waals surface area contributed by atoms with Crippen molar-refractivity contribution in [2.24, 2.45) is 0 Å². The Morgan fingerprint density at radius 2 is 1.71 bits per heavy atom. The second-order valence-electron chi connectivity index (χ2n) is 3.93. The molecule has 17 heavy (non-hydrogen) atoms. The van der Waals surface area contributed by atoms with Gasteiger partial charge in [-0.1, -0.05) is 0 Å². The van der Waals surface area contributed by atoms with Gasteiger partial charge >= 0.3 is 5.97 Å². The van der Waals surface area contributed by atoms with E-state index in [1.54, 1.807) is 0 Å². The second kappa shape index (κ2) is 8.05. The summed E-state index contributed by atoms with van der Waals surface area (Å²) in [4.78, 5) is 21.4. The summed E-state index contributed by atoms with van der Waals surface area (Å²) in [6, 6.07) is 0. The lowest BCUT2D eigenvalue weighted by molar-refractivity contribution is -0.137. The van der Waals surface area contributed by atoms with Crippen LogP contribution in [0.25, 0.3) is 0 Å². The Kier molecular flexibility index (Phi) is 7.53. The van der Waals surface area contributed by atoms with E-state index in [9.17, 15) is 18.0 Å². The van der Waals surface area contributed by atoms with E-state index in [1.165, 1.54) is 0 Å². The van der Waals surface area contributed by atoms with Crippen LogP contribution in [0.2, 0.25) is 0 Å². The number of carboxylic acids is 1. The molecule has 0 saturated carbocycles. The Bertz CT molecular complexity index is 350. The van der Waals surface area contributed by atoms with Crippen LogP contribution in [0.4, 0.5) is 0 Å². The van der Waals surface area contributed by atoms with Crippen molar-refractivity contribution in [2.75, 3.05) is 18.6 Å². The molecule has 0 aliphatic rings. The van der Waals surface area contributed by atoms with Crippen LogP contribution in [0.3, 0.4) is 0 Å². The van der Waals surface area contributed by atoms with Crippen LogP contribution in [-0.2, 0) is 19.4 Å². The minimum Gasteiger partial charge on any atom is -0.481 e. The van der Waals surface area contributed by atoms with Gasteiger partial charge in [0.15, 0.2) is 0 Å². The van der Waals surface area contributed by atoms with E-state index in [0.29, 0.717) is 25.8 Å². The van der Waals surface area contributed by atoms with Gasteiger partial charge in [0.2, 0.25) is 5.91 Å². The predicted molar refractivity (Wildman–Crippen MR) is 63.4 cm³/mol. The highest BCUT2D eigenvalue weighted by Crippen LogP contribution is 1.99. The summed E-state index contributed by atoms with van der Waals surface area (Å²) in [7, 11) is -2.97. The average Bonchev–Trinajstić information content (AvgIpc) is 2.18. The number of rotatable bonds is 9. The first-order valence-electron chi connectivity index (χ1n) is 5.47. The first-order valence-corrected chi connectivity index (χ1v) is 7.53. The minimum absolute atomic E-state index is 0.0618. The molecule has 100 valence electrons. The highest BCUT2D eigenvalue weighted by Gasteiger charge is 2.04. The zero-order valence-electron chi connectivity index (χ0n) is 9.94. The summed E-state index contributed by atoms with van der Waals surface area (Å²) in [5.41, 5.74) is 0. The Morgan fingerprint density at radius 3 is 2.24 bits per heavy atom. The fourth-order valence-corrected chi connectivity index (χ4v) is 1.88. The smallest absolute Gasteiger partial charge is 0.303 e. The summed E-state index contributed by atoms with van der Waals surface area (Å²) in [5.74, 6) is -0.964. The molecule has 7 heteroatoms. The monoisotopic (exact) mass is 265 g/mol. The van der Waals surface area contributed by atoms with Crippen molar-refractivity contribution in [1.82, 2.24) is 5.32 Å². The van der Waals surface area contributed by atoms with Crippen molar-refractivity contribution in [3.8, 4) is 0 Å². The van der Waals surface area contributed by atoms with Gasteiger partial charge in [-0.15, -0.1) is 0 Å². The van der Waals surface area contributed by atoms with Crippen molar-refractivity contribution in [2.45, 2.75) is 32.1 Å². The van der Waals surface area contributed by atoms with Gasteiger partial charge in [-0.3, -0.25) is 9.59 Å². The molecule has 0 heterocycles. The van der Waals surface area contributed by atoms with Crippen LogP contribution in [0, 0.1) is 0 Å². The maximum absolute atomic E-state index is 11.2. The molecular formula is C10H19NO5S. The number of sulfone groups is 1. The van der Waals surface area contributed by atoms with Crippen LogP contribution < -0.4 is 5.32 Å². The highest BCUT2D eigenvalue weighted by molar-refractivity contribution is 7.90. The molecule has 0 unspecified atom stereocenters. The number of carboxylic acid groups (broad SMARTS) is 1. The second-order valence-corrected chi connectivity index (χ2v) is 6.19. The van der Waals surface area contributed by atoms with E-state index in [0.717, 1.165) is 6.26 Å². The number of hydrogen-bond acceptors (Lipinski definition) is 4. The lowest BCUT2D eigenvalue weighted by atomic mass is 10.2. The van der Waals surface area contributed by atoms with Crippen LogP contribution >= 0.6 is 0 Å². The first-order chi connectivity index (χ1) is 7.81. The minimum atomic E-state index is -2.97. The van der Waals surface area contributed by atoms with Gasteiger partial charge in [-0.05, 0) is 19.3 Å². The Morgan fingerprint density at radius 1 is 1.12 bits per heavy atom. The molecule has 0 aromatic heterocycles. The topological polar surface area (TPSA) is 101 Å². The average molecular weight is 265 g/mol. The first kappa shape index (κ1) is 15.9. The largest absolute Gasteiger partial charge is 0.481 e. The predicted octanol–water partition coefficient (Wildman–Crippen LogP) is 0.182. The molecule has 0 spiro atoms. The molecular weight excluding hydrogens is 246 g/mol. The van der Waals surface area contributed by atoms with Crippen molar-refractivity contribution < 1.29 is 23.1 Å². The number of amides is 1. The van der Waals surface area contributed by atoms with E-state index in [-0.39, 0.29) is 24.5 Å². The quantitative estimate of drug-likeness (QED) is 0.579. The Hall–Kier alpha value is -1.11. The molecule has 0 aromatic rings. The zero-order chi connectivity index (χ0) is 13.3. The molecule has 1 amide bonds. The van der Waals surface area contributed by atoms with E-state index in [2.05, 4.69) is 5.32 Å². The third-order valence-corrected chi connectivity index (χ3v) is 3.09. The number of carbonyl (C=O) groups excluding carboxylic acids is 1. The maximum Gasteiger partial charge on any atom is 0.303 e. The molecule has 0 aromatic carbocycles. The molecule has 0 fully saturated rings. The fourth-order valence-electron chi connectivity index (χ4n) is 1.21. The van der Waals surface area contributed by atoms with Crippen LogP contribution in [0.1, 0.15) is 32.1 Å². The van der Waals surface area contributed by atoms with Crippen LogP contribution in [-0.4, -0.2) is 44.0 Å². The lowest BCUT2D eigenvalue weighted by Gasteiger charge is -2.04. The summed E-state index contributed by atoms with van der Waals surface area (Å²) in [5, 5.41) is 11.0. The SMILES string of the molecule is CS(=O)(=O)CCCNC(=O)CCCCC(=O)O. The number of unbranched alkanes of at least 4 members (excludes halogenated alkanes) is 1. The summed E-state index contributed by atoms with van der Waals surface area (Å²) < 4.78 is 21.6. The van der Waals surface area contributed by atoms with Crippen LogP contribution in [0.5, 0.6) is 0 Å². The molecule has 0 saturated heterocycles. The van der Waals surface area contributed by atoms with Gasteiger partial charge in [0.25, 0.3) is 0 Å². The van der Waals surface area contributed by atoms with Crippen molar-refractivity contribution in [1.29, 1.82) is 0 Å². The molecule has 0 aliphatic carbocycles. The number of nitrogens with one attached hydrogen (secondary N) is 1. The Balaban J connectivity index is 3.44. The molecule has 0 atom stereocenters. The van der Waals surface area contributed by atoms with Crippen molar-refractivity contribution >= 4 is 21.7 Å². The summed E-state index contributed by atoms with van der Waals surface area (Å²) >= 11 is 0. The molecule has 0 rings (SSSR count). The van der Waals surface area contributed by atoms with Gasteiger partial charge in [0.05, 0.1) is 5.75 Å². The number of hydrogen-bond donors (Lipinski definition) is 2. The van der Waals surface area contributed by atoms with E-state index in [1.807, 2.05) is 0 Å². The lowest BCUT2D eigenvalue weighted by Crippen LogP contribution is -2.25. The summed E-state index contributed by atoms with van der Waals surface area (Å²) in [6.07, 6.45) is 2.92. The van der Waals surface area contributed by atoms with Crippen molar-refractivity contribution in [3.63, 3.8) is 0 Å². The number of aliphatic carboxylic acids is 1. The maximum atomic E-state index is 11.2. The van der Waals surface area contributed by atoms with Gasteiger partial charge in [0, 0.05) is 25.6 Å². The van der Waals surface area contributed by atoms with E-state index < -0.39 is 15.8 Å². The molecule has 2 N–H and O–H groups in total. The highest BCUT2D eigenvalue weighted by atomic mass is 32.2. The third-order valence-electron chi connectivity index (χ3n) is 2.06. The molecule has 0 aliphatic heterocycles. The van der Waals surface area contributed by atoms with Gasteiger partial charge in [0.1, 0.15) is 9.84 Å². The van der Waals surface area contributed by atoms with Crippen LogP contribution in [0.15, 0.2) is 0 Å². The number of carbonyl (C=O) groups is 2. The third kappa shape index (κ3) is 12.8. The standard InChI is InChI=1S/C10H19NO5S/c1-17(15,16)8-4-7-11-9(12)5-2-3-6-10(13)14/h2-8H2,1H3,(H,11,12)(H,13,14). The van der Waals surface area contributed by atoms with E-state index in [4.69, 9.17) is 5.11 Å².